The number of carbonyl (C=O) groups excluding carboxylic acids is 1. The number of hydrogen-bond acceptors (Lipinski definition) is 6. The minimum Gasteiger partial charge on any atom is -0.330 e. The van der Waals surface area contributed by atoms with Gasteiger partial charge in [-0.05, 0) is 36.4 Å². The highest BCUT2D eigenvalue weighted by molar-refractivity contribution is 8.01. The quantitative estimate of drug-likeness (QED) is 0.612. The number of amides is 1. The first-order valence-corrected chi connectivity index (χ1v) is 9.21. The maximum atomic E-state index is 11.9. The lowest BCUT2D eigenvalue weighted by molar-refractivity contribution is -0.113. The van der Waals surface area contributed by atoms with Crippen molar-refractivity contribution in [1.29, 1.82) is 0 Å². The summed E-state index contributed by atoms with van der Waals surface area (Å²) in [5.74, 6) is 0.165. The van der Waals surface area contributed by atoms with Crippen molar-refractivity contribution in [2.45, 2.75) is 4.34 Å². The fourth-order valence-electron chi connectivity index (χ4n) is 1.82. The maximum absolute atomic E-state index is 11.9. The zero-order valence-electron chi connectivity index (χ0n) is 12.4. The van der Waals surface area contributed by atoms with Gasteiger partial charge in [0.1, 0.15) is 0 Å². The van der Waals surface area contributed by atoms with Crippen LogP contribution >= 0.6 is 34.7 Å². The van der Waals surface area contributed by atoms with Crippen LogP contribution in [0.5, 0.6) is 0 Å². The molecule has 0 spiro atoms. The van der Waals surface area contributed by atoms with Crippen molar-refractivity contribution in [2.24, 2.45) is 0 Å². The predicted molar refractivity (Wildman–Crippen MR) is 100 cm³/mol. The van der Waals surface area contributed by atoms with Gasteiger partial charge in [-0.3, -0.25) is 4.79 Å². The molecule has 0 radical (unpaired) electrons. The highest BCUT2D eigenvalue weighted by Gasteiger charge is 2.08. The van der Waals surface area contributed by atoms with Gasteiger partial charge in [0.2, 0.25) is 11.0 Å². The fourth-order valence-corrected chi connectivity index (χ4v) is 3.52. The van der Waals surface area contributed by atoms with Gasteiger partial charge in [0.25, 0.3) is 0 Å². The number of aromatic nitrogens is 2. The van der Waals surface area contributed by atoms with Crippen molar-refractivity contribution in [3.63, 3.8) is 0 Å². The molecule has 0 atom stereocenters. The van der Waals surface area contributed by atoms with E-state index in [1.165, 1.54) is 23.1 Å². The van der Waals surface area contributed by atoms with E-state index in [2.05, 4.69) is 20.8 Å². The van der Waals surface area contributed by atoms with Crippen molar-refractivity contribution in [3.8, 4) is 0 Å². The molecule has 0 bridgehead atoms. The van der Waals surface area contributed by atoms with Gasteiger partial charge in [-0.15, -0.1) is 10.2 Å². The Balaban J connectivity index is 1.50. The summed E-state index contributed by atoms with van der Waals surface area (Å²) in [7, 11) is 0. The second-order valence-corrected chi connectivity index (χ2v) is 7.34. The van der Waals surface area contributed by atoms with E-state index in [1.807, 2.05) is 30.3 Å². The summed E-state index contributed by atoms with van der Waals surface area (Å²) in [6, 6.07) is 16.7. The minimum atomic E-state index is -0.102. The molecule has 2 N–H and O–H groups in total. The molecule has 0 aliphatic rings. The molecule has 5 nitrogen and oxygen atoms in total. The zero-order valence-corrected chi connectivity index (χ0v) is 14.8. The number of hydrogen-bond donors (Lipinski definition) is 2. The largest absolute Gasteiger partial charge is 0.330 e. The van der Waals surface area contributed by atoms with Crippen molar-refractivity contribution in [2.75, 3.05) is 16.4 Å². The van der Waals surface area contributed by atoms with Crippen LogP contribution in [0, 0.1) is 0 Å². The molecular weight excluding hydrogens is 364 g/mol. The number of anilines is 3. The first-order valence-electron chi connectivity index (χ1n) is 7.03. The molecular formula is C16H13ClN4OS2. The Morgan fingerprint density at radius 3 is 2.54 bits per heavy atom. The summed E-state index contributed by atoms with van der Waals surface area (Å²) < 4.78 is 0.736. The Labute approximate surface area is 152 Å². The standard InChI is InChI=1S/C16H13ClN4OS2/c17-11-6-8-13(9-7-11)18-14(22)10-23-16-21-20-15(24-16)19-12-4-2-1-3-5-12/h1-9H,10H2,(H,18,22)(H,19,20). The highest BCUT2D eigenvalue weighted by Crippen LogP contribution is 2.27. The predicted octanol–water partition coefficient (Wildman–Crippen LogP) is 4.67. The molecule has 0 saturated heterocycles. The number of rotatable bonds is 6. The third kappa shape index (κ3) is 4.95. The van der Waals surface area contributed by atoms with Gasteiger partial charge in [-0.25, -0.2) is 0 Å². The lowest BCUT2D eigenvalue weighted by atomic mass is 10.3. The van der Waals surface area contributed by atoms with Crippen LogP contribution in [0.3, 0.4) is 0 Å². The Morgan fingerprint density at radius 1 is 1.04 bits per heavy atom. The molecule has 1 amide bonds. The average Bonchev–Trinajstić information content (AvgIpc) is 3.03. The van der Waals surface area contributed by atoms with Crippen LogP contribution in [0.4, 0.5) is 16.5 Å². The average molecular weight is 377 g/mol. The summed E-state index contributed by atoms with van der Waals surface area (Å²) in [5.41, 5.74) is 1.67. The van der Waals surface area contributed by atoms with Gasteiger partial charge in [-0.2, -0.15) is 0 Å². The number of halogens is 1. The zero-order chi connectivity index (χ0) is 16.8. The second kappa shape index (κ2) is 8.14. The van der Waals surface area contributed by atoms with E-state index in [9.17, 15) is 4.79 Å². The number of benzene rings is 2. The van der Waals surface area contributed by atoms with Crippen molar-refractivity contribution < 1.29 is 4.79 Å². The van der Waals surface area contributed by atoms with Gasteiger partial charge >= 0.3 is 0 Å². The first kappa shape index (κ1) is 16.8. The molecule has 0 aliphatic heterocycles. The summed E-state index contributed by atoms with van der Waals surface area (Å²) in [5, 5.41) is 15.5. The van der Waals surface area contributed by atoms with Gasteiger partial charge in [0.15, 0.2) is 4.34 Å². The van der Waals surface area contributed by atoms with Crippen LogP contribution in [-0.4, -0.2) is 21.9 Å². The molecule has 0 aliphatic carbocycles. The maximum Gasteiger partial charge on any atom is 0.234 e. The third-order valence-corrected chi connectivity index (χ3v) is 5.11. The number of nitrogens with zero attached hydrogens (tertiary/aromatic N) is 2. The normalized spacial score (nSPS) is 10.4. The van der Waals surface area contributed by atoms with Crippen LogP contribution in [0.15, 0.2) is 58.9 Å². The second-order valence-electron chi connectivity index (χ2n) is 4.71. The lowest BCUT2D eigenvalue weighted by Gasteiger charge is -2.03. The fraction of sp³-hybridized carbons (Fsp3) is 0.0625. The van der Waals surface area contributed by atoms with Gasteiger partial charge in [0, 0.05) is 16.4 Å². The topological polar surface area (TPSA) is 66.9 Å². The van der Waals surface area contributed by atoms with Gasteiger partial charge < -0.3 is 10.6 Å². The van der Waals surface area contributed by atoms with E-state index in [-0.39, 0.29) is 11.7 Å². The van der Waals surface area contributed by atoms with Crippen LogP contribution < -0.4 is 10.6 Å². The Kier molecular flexibility index (Phi) is 5.68. The van der Waals surface area contributed by atoms with E-state index in [4.69, 9.17) is 11.6 Å². The molecule has 8 heteroatoms. The Morgan fingerprint density at radius 2 is 1.79 bits per heavy atom. The number of thioether (sulfide) groups is 1. The van der Waals surface area contributed by atoms with E-state index >= 15 is 0 Å². The van der Waals surface area contributed by atoms with E-state index < -0.39 is 0 Å². The number of nitrogens with one attached hydrogen (secondary N) is 2. The molecule has 0 saturated carbocycles. The molecule has 0 unspecified atom stereocenters. The summed E-state index contributed by atoms with van der Waals surface area (Å²) in [4.78, 5) is 11.9. The lowest BCUT2D eigenvalue weighted by Crippen LogP contribution is -2.13. The first-order chi connectivity index (χ1) is 11.7. The van der Waals surface area contributed by atoms with Gasteiger partial charge in [0.05, 0.1) is 5.75 Å². The highest BCUT2D eigenvalue weighted by atomic mass is 35.5. The van der Waals surface area contributed by atoms with Crippen LogP contribution in [0.1, 0.15) is 0 Å². The smallest absolute Gasteiger partial charge is 0.234 e. The van der Waals surface area contributed by atoms with E-state index in [0.29, 0.717) is 15.8 Å². The number of para-hydroxylation sites is 1. The van der Waals surface area contributed by atoms with Gasteiger partial charge in [-0.1, -0.05) is 52.9 Å². The molecule has 2 aromatic carbocycles. The molecule has 24 heavy (non-hydrogen) atoms. The Hall–Kier alpha value is -2.09. The molecule has 122 valence electrons. The van der Waals surface area contributed by atoms with Crippen LogP contribution in [0.2, 0.25) is 5.02 Å². The minimum absolute atomic E-state index is 0.102. The van der Waals surface area contributed by atoms with Crippen molar-refractivity contribution in [1.82, 2.24) is 10.2 Å². The molecule has 1 heterocycles. The molecule has 3 aromatic rings. The van der Waals surface area contributed by atoms with E-state index in [0.717, 1.165) is 10.0 Å². The third-order valence-electron chi connectivity index (χ3n) is 2.89. The number of carbonyl (C=O) groups is 1. The molecule has 0 fully saturated rings. The monoisotopic (exact) mass is 376 g/mol. The van der Waals surface area contributed by atoms with E-state index in [1.54, 1.807) is 24.3 Å². The van der Waals surface area contributed by atoms with Crippen LogP contribution in [0.25, 0.3) is 0 Å². The van der Waals surface area contributed by atoms with Crippen molar-refractivity contribution >= 4 is 57.1 Å². The summed E-state index contributed by atoms with van der Waals surface area (Å²) in [6.07, 6.45) is 0. The SMILES string of the molecule is O=C(CSc1nnc(Nc2ccccc2)s1)Nc1ccc(Cl)cc1. The summed E-state index contributed by atoms with van der Waals surface area (Å²) in [6.45, 7) is 0. The van der Waals surface area contributed by atoms with Crippen molar-refractivity contribution in [3.05, 3.63) is 59.6 Å². The van der Waals surface area contributed by atoms with Crippen LogP contribution in [-0.2, 0) is 4.79 Å². The Bertz CT molecular complexity index is 808. The molecule has 1 aromatic heterocycles. The molecule has 3 rings (SSSR count). The summed E-state index contributed by atoms with van der Waals surface area (Å²) >= 11 is 8.57.